The van der Waals surface area contributed by atoms with Crippen LogP contribution < -0.4 is 0 Å². The molecule has 1 rings (SSSR count). The van der Waals surface area contributed by atoms with Gasteiger partial charge in [0.1, 0.15) is 18.8 Å². The summed E-state index contributed by atoms with van der Waals surface area (Å²) < 4.78 is 8.96. The summed E-state index contributed by atoms with van der Waals surface area (Å²) in [6.45, 7) is 0.746. The number of rotatable bonds is 3. The van der Waals surface area contributed by atoms with Crippen LogP contribution in [0.5, 0.6) is 0 Å². The predicted molar refractivity (Wildman–Crippen MR) is 44.5 cm³/mol. The lowest BCUT2D eigenvalue weighted by molar-refractivity contribution is -0.155. The Morgan fingerprint density at radius 2 is 2.20 bits per heavy atom. The average molecular weight is 220 g/mol. The first-order valence-corrected chi connectivity index (χ1v) is 4.31. The summed E-state index contributed by atoms with van der Waals surface area (Å²) in [6.07, 6.45) is -5.80. The van der Waals surface area contributed by atoms with Crippen LogP contribution in [0.15, 0.2) is 0 Å². The quantitative estimate of drug-likeness (QED) is 0.453. The summed E-state index contributed by atoms with van der Waals surface area (Å²) in [7, 11) is 0. The number of hydrogen-bond acceptors (Lipinski definition) is 7. The molecule has 0 radical (unpaired) electrons. The maximum Gasteiger partial charge on any atom is 0.338 e. The lowest BCUT2D eigenvalue weighted by Crippen LogP contribution is -2.41. The van der Waals surface area contributed by atoms with Crippen LogP contribution in [-0.2, 0) is 19.1 Å². The van der Waals surface area contributed by atoms with E-state index in [2.05, 4.69) is 9.47 Å². The van der Waals surface area contributed by atoms with Gasteiger partial charge < -0.3 is 24.8 Å². The Hall–Kier alpha value is -1.18. The van der Waals surface area contributed by atoms with Crippen molar-refractivity contribution in [2.45, 2.75) is 31.3 Å². The normalized spacial score (nSPS) is 32.3. The van der Waals surface area contributed by atoms with Crippen molar-refractivity contribution in [3.63, 3.8) is 0 Å². The molecule has 0 aromatic heterocycles. The maximum absolute atomic E-state index is 10.8. The van der Waals surface area contributed by atoms with E-state index in [0.29, 0.717) is 0 Å². The summed E-state index contributed by atoms with van der Waals surface area (Å²) >= 11 is 0. The number of aliphatic hydroxyl groups excluding tert-OH is 3. The zero-order valence-electron chi connectivity index (χ0n) is 7.99. The lowest BCUT2D eigenvalue weighted by Gasteiger charge is -2.19. The highest BCUT2D eigenvalue weighted by Gasteiger charge is 2.46. The minimum Gasteiger partial charge on any atom is -0.463 e. The van der Waals surface area contributed by atoms with E-state index in [1.165, 1.54) is 0 Å². The van der Waals surface area contributed by atoms with Crippen LogP contribution in [0.3, 0.4) is 0 Å². The van der Waals surface area contributed by atoms with Crippen molar-refractivity contribution >= 4 is 11.9 Å². The second-order valence-electron chi connectivity index (χ2n) is 3.21. The van der Waals surface area contributed by atoms with Gasteiger partial charge in [0, 0.05) is 6.92 Å². The second kappa shape index (κ2) is 4.56. The van der Waals surface area contributed by atoms with Gasteiger partial charge in [-0.25, -0.2) is 4.79 Å². The molecular weight excluding hydrogens is 208 g/mol. The molecule has 0 aliphatic carbocycles. The monoisotopic (exact) mass is 220 g/mol. The SMILES string of the molecule is CC(=O)OCC(O)C1OC(=O)C(O)C1O. The first-order chi connectivity index (χ1) is 6.93. The van der Waals surface area contributed by atoms with Crippen LogP contribution in [0.2, 0.25) is 0 Å². The fourth-order valence-electron chi connectivity index (χ4n) is 1.20. The van der Waals surface area contributed by atoms with Crippen molar-refractivity contribution < 1.29 is 34.4 Å². The van der Waals surface area contributed by atoms with E-state index >= 15 is 0 Å². The first kappa shape index (κ1) is 11.9. The van der Waals surface area contributed by atoms with Crippen molar-refractivity contribution in [1.29, 1.82) is 0 Å². The summed E-state index contributed by atoms with van der Waals surface area (Å²) in [5.74, 6) is -1.61. The number of cyclic esters (lactones) is 1. The van der Waals surface area contributed by atoms with E-state index in [4.69, 9.17) is 5.11 Å². The highest BCUT2D eigenvalue weighted by atomic mass is 16.6. The summed E-state index contributed by atoms with van der Waals surface area (Å²) in [5.41, 5.74) is 0. The van der Waals surface area contributed by atoms with Gasteiger partial charge in [0.15, 0.2) is 12.2 Å². The van der Waals surface area contributed by atoms with Gasteiger partial charge in [-0.3, -0.25) is 4.79 Å². The molecule has 4 unspecified atom stereocenters. The van der Waals surface area contributed by atoms with Gasteiger partial charge in [0.05, 0.1) is 0 Å². The van der Waals surface area contributed by atoms with Crippen LogP contribution in [0.1, 0.15) is 6.92 Å². The molecule has 0 spiro atoms. The fourth-order valence-corrected chi connectivity index (χ4v) is 1.20. The van der Waals surface area contributed by atoms with E-state index in [1.54, 1.807) is 0 Å². The molecule has 1 heterocycles. The molecule has 86 valence electrons. The van der Waals surface area contributed by atoms with Crippen LogP contribution in [0.25, 0.3) is 0 Å². The Morgan fingerprint density at radius 3 is 2.60 bits per heavy atom. The van der Waals surface area contributed by atoms with Crippen molar-refractivity contribution in [3.05, 3.63) is 0 Å². The Labute approximate surface area is 85.2 Å². The number of aliphatic hydroxyl groups is 3. The summed E-state index contributed by atoms with van der Waals surface area (Å²) in [6, 6.07) is 0. The number of carbonyl (C=O) groups excluding carboxylic acids is 2. The minimum absolute atomic E-state index is 0.406. The summed E-state index contributed by atoms with van der Waals surface area (Å²) in [4.78, 5) is 21.2. The zero-order valence-corrected chi connectivity index (χ0v) is 7.99. The van der Waals surface area contributed by atoms with E-state index in [-0.39, 0.29) is 0 Å². The molecule has 7 nitrogen and oxygen atoms in total. The van der Waals surface area contributed by atoms with Crippen molar-refractivity contribution in [2.24, 2.45) is 0 Å². The first-order valence-electron chi connectivity index (χ1n) is 4.31. The van der Waals surface area contributed by atoms with Crippen molar-refractivity contribution in [2.75, 3.05) is 6.61 Å². The smallest absolute Gasteiger partial charge is 0.338 e. The zero-order chi connectivity index (χ0) is 11.6. The molecule has 1 aliphatic heterocycles. The molecule has 3 N–H and O–H groups in total. The van der Waals surface area contributed by atoms with Gasteiger partial charge in [0.2, 0.25) is 0 Å². The Bertz CT molecular complexity index is 264. The van der Waals surface area contributed by atoms with Crippen LogP contribution in [0.4, 0.5) is 0 Å². The Morgan fingerprint density at radius 1 is 1.60 bits per heavy atom. The molecule has 0 amide bonds. The highest BCUT2D eigenvalue weighted by molar-refractivity contribution is 5.77. The van der Waals surface area contributed by atoms with Gasteiger partial charge in [0.25, 0.3) is 0 Å². The maximum atomic E-state index is 10.8. The van der Waals surface area contributed by atoms with Crippen molar-refractivity contribution in [1.82, 2.24) is 0 Å². The average Bonchev–Trinajstić information content (AvgIpc) is 2.42. The Balaban J connectivity index is 2.50. The molecule has 1 saturated heterocycles. The Kier molecular flexibility index (Phi) is 3.61. The van der Waals surface area contributed by atoms with Gasteiger partial charge in [-0.15, -0.1) is 0 Å². The minimum atomic E-state index is -1.66. The molecule has 15 heavy (non-hydrogen) atoms. The highest BCUT2D eigenvalue weighted by Crippen LogP contribution is 2.19. The van der Waals surface area contributed by atoms with Gasteiger partial charge in [-0.2, -0.15) is 0 Å². The van der Waals surface area contributed by atoms with E-state index in [0.717, 1.165) is 6.92 Å². The van der Waals surface area contributed by atoms with Crippen LogP contribution in [-0.4, -0.2) is 58.3 Å². The predicted octanol–water partition coefficient (Wildman–Crippen LogP) is -2.44. The van der Waals surface area contributed by atoms with Gasteiger partial charge in [-0.05, 0) is 0 Å². The van der Waals surface area contributed by atoms with Gasteiger partial charge in [-0.1, -0.05) is 0 Å². The largest absolute Gasteiger partial charge is 0.463 e. The molecule has 0 aromatic rings. The molecule has 1 fully saturated rings. The summed E-state index contributed by atoms with van der Waals surface area (Å²) in [5, 5.41) is 27.7. The molecule has 1 aliphatic rings. The third kappa shape index (κ3) is 2.65. The molecule has 0 saturated carbocycles. The number of ether oxygens (including phenoxy) is 2. The third-order valence-corrected chi connectivity index (χ3v) is 1.99. The lowest BCUT2D eigenvalue weighted by atomic mass is 10.1. The molecule has 0 aromatic carbocycles. The van der Waals surface area contributed by atoms with Crippen molar-refractivity contribution in [3.8, 4) is 0 Å². The standard InChI is InChI=1S/C8H12O7/c1-3(9)14-2-4(10)7-5(11)6(12)8(13)15-7/h4-7,10-12H,2H2,1H3. The number of hydrogen-bond donors (Lipinski definition) is 3. The molecule has 0 bridgehead atoms. The van der Waals surface area contributed by atoms with E-state index in [9.17, 15) is 19.8 Å². The number of carbonyl (C=O) groups is 2. The topological polar surface area (TPSA) is 113 Å². The molecule has 7 heteroatoms. The molecule has 4 atom stereocenters. The number of esters is 2. The second-order valence-corrected chi connectivity index (χ2v) is 3.21. The van der Waals surface area contributed by atoms with E-state index < -0.39 is 43.0 Å². The van der Waals surface area contributed by atoms with Gasteiger partial charge >= 0.3 is 11.9 Å². The fraction of sp³-hybridized carbons (Fsp3) is 0.750. The van der Waals surface area contributed by atoms with E-state index in [1.807, 2.05) is 0 Å². The van der Waals surface area contributed by atoms with Crippen LogP contribution >= 0.6 is 0 Å². The molecular formula is C8H12O7. The third-order valence-electron chi connectivity index (χ3n) is 1.99. The van der Waals surface area contributed by atoms with Crippen LogP contribution in [0, 0.1) is 0 Å².